The zero-order valence-corrected chi connectivity index (χ0v) is 13.5. The van der Waals surface area contributed by atoms with E-state index in [1.807, 2.05) is 30.5 Å². The number of halogens is 1. The molecule has 1 amide bonds. The van der Waals surface area contributed by atoms with E-state index in [9.17, 15) is 14.3 Å². The topological polar surface area (TPSA) is 49.3 Å². The second-order valence-corrected chi connectivity index (χ2v) is 6.64. The predicted octanol–water partition coefficient (Wildman–Crippen LogP) is 3.40. The van der Waals surface area contributed by atoms with Crippen LogP contribution in [0, 0.1) is 5.82 Å². The maximum Gasteiger partial charge on any atom is 0.220 e. The quantitative estimate of drug-likeness (QED) is 0.856. The van der Waals surface area contributed by atoms with Gasteiger partial charge in [-0.25, -0.2) is 4.39 Å². The number of carbonyl (C=O) groups excluding carboxylic acids is 1. The second-order valence-electron chi connectivity index (χ2n) is 5.69. The minimum atomic E-state index is -1.08. The molecule has 22 heavy (non-hydrogen) atoms. The van der Waals surface area contributed by atoms with E-state index in [1.54, 1.807) is 13.0 Å². The molecule has 1 aromatic heterocycles. The van der Waals surface area contributed by atoms with Crippen molar-refractivity contribution in [2.45, 2.75) is 31.8 Å². The normalized spacial score (nSPS) is 15.1. The van der Waals surface area contributed by atoms with Gasteiger partial charge in [0, 0.05) is 11.3 Å². The molecule has 1 heterocycles. The third-order valence-electron chi connectivity index (χ3n) is 3.59. The van der Waals surface area contributed by atoms with Crippen molar-refractivity contribution in [3.8, 4) is 0 Å². The van der Waals surface area contributed by atoms with Crippen LogP contribution in [0.25, 0.3) is 0 Å². The molecular formula is C17H20FNO2S. The standard InChI is InChI=1S/C17H20FNO2S/c1-12(13-5-3-6-14(18)10-13)9-16(20)19-11-17(2,21)15-7-4-8-22-15/h3-8,10,12,21H,9,11H2,1-2H3,(H,19,20). The van der Waals surface area contributed by atoms with Crippen LogP contribution in [0.2, 0.25) is 0 Å². The van der Waals surface area contributed by atoms with Crippen LogP contribution < -0.4 is 5.32 Å². The molecule has 118 valence electrons. The van der Waals surface area contributed by atoms with E-state index < -0.39 is 5.60 Å². The van der Waals surface area contributed by atoms with Crippen molar-refractivity contribution < 1.29 is 14.3 Å². The molecule has 0 aliphatic rings. The predicted molar refractivity (Wildman–Crippen MR) is 86.3 cm³/mol. The molecule has 0 radical (unpaired) electrons. The average molecular weight is 321 g/mol. The Morgan fingerprint density at radius 3 is 2.82 bits per heavy atom. The number of rotatable bonds is 6. The summed E-state index contributed by atoms with van der Waals surface area (Å²) in [5.74, 6) is -0.540. The first-order chi connectivity index (χ1) is 10.4. The number of benzene rings is 1. The molecule has 0 spiro atoms. The number of hydrogen-bond acceptors (Lipinski definition) is 3. The fourth-order valence-corrected chi connectivity index (χ4v) is 3.01. The summed E-state index contributed by atoms with van der Waals surface area (Å²) in [5, 5.41) is 15.0. The number of thiophene rings is 1. The summed E-state index contributed by atoms with van der Waals surface area (Å²) in [7, 11) is 0. The lowest BCUT2D eigenvalue weighted by molar-refractivity contribution is -0.122. The van der Waals surface area contributed by atoms with Crippen molar-refractivity contribution in [2.75, 3.05) is 6.54 Å². The molecule has 2 atom stereocenters. The summed E-state index contributed by atoms with van der Waals surface area (Å²) < 4.78 is 13.2. The largest absolute Gasteiger partial charge is 0.383 e. The van der Waals surface area contributed by atoms with Crippen molar-refractivity contribution in [3.05, 3.63) is 58.0 Å². The second kappa shape index (κ2) is 7.03. The number of nitrogens with one attached hydrogen (secondary N) is 1. The van der Waals surface area contributed by atoms with Crippen LogP contribution in [0.1, 0.15) is 36.6 Å². The maximum atomic E-state index is 13.2. The van der Waals surface area contributed by atoms with Crippen molar-refractivity contribution in [3.63, 3.8) is 0 Å². The van der Waals surface area contributed by atoms with E-state index in [0.29, 0.717) is 0 Å². The van der Waals surface area contributed by atoms with E-state index in [2.05, 4.69) is 5.32 Å². The molecule has 0 aliphatic heterocycles. The Morgan fingerprint density at radius 2 is 2.18 bits per heavy atom. The Balaban J connectivity index is 1.88. The smallest absolute Gasteiger partial charge is 0.220 e. The average Bonchev–Trinajstić information content (AvgIpc) is 3.00. The Kier molecular flexibility index (Phi) is 5.32. The molecule has 0 aliphatic carbocycles. The van der Waals surface area contributed by atoms with E-state index in [4.69, 9.17) is 0 Å². The van der Waals surface area contributed by atoms with Gasteiger partial charge in [-0.3, -0.25) is 4.79 Å². The van der Waals surface area contributed by atoms with Crippen LogP contribution in [-0.4, -0.2) is 17.6 Å². The van der Waals surface area contributed by atoms with Crippen LogP contribution in [0.3, 0.4) is 0 Å². The first-order valence-electron chi connectivity index (χ1n) is 7.17. The van der Waals surface area contributed by atoms with E-state index in [1.165, 1.54) is 23.5 Å². The summed E-state index contributed by atoms with van der Waals surface area (Å²) in [4.78, 5) is 12.8. The van der Waals surface area contributed by atoms with Crippen LogP contribution in [0.4, 0.5) is 4.39 Å². The van der Waals surface area contributed by atoms with Gasteiger partial charge < -0.3 is 10.4 Å². The van der Waals surface area contributed by atoms with Gasteiger partial charge in [0.05, 0.1) is 6.54 Å². The van der Waals surface area contributed by atoms with E-state index in [0.717, 1.165) is 10.4 Å². The fourth-order valence-electron chi connectivity index (χ4n) is 2.22. The summed E-state index contributed by atoms with van der Waals surface area (Å²) in [6.45, 7) is 3.71. The molecule has 0 bridgehead atoms. The summed E-state index contributed by atoms with van der Waals surface area (Å²) in [6.07, 6.45) is 0.254. The monoisotopic (exact) mass is 321 g/mol. The van der Waals surface area contributed by atoms with Crippen molar-refractivity contribution >= 4 is 17.2 Å². The zero-order valence-electron chi connectivity index (χ0n) is 12.7. The van der Waals surface area contributed by atoms with Crippen LogP contribution in [0.5, 0.6) is 0 Å². The Labute approximate surface area is 133 Å². The first-order valence-corrected chi connectivity index (χ1v) is 8.05. The van der Waals surface area contributed by atoms with Gasteiger partial charge in [0.25, 0.3) is 0 Å². The lowest BCUT2D eigenvalue weighted by Crippen LogP contribution is -2.38. The molecule has 3 nitrogen and oxygen atoms in total. The van der Waals surface area contributed by atoms with Gasteiger partial charge in [-0.1, -0.05) is 25.1 Å². The van der Waals surface area contributed by atoms with Gasteiger partial charge in [0.2, 0.25) is 5.91 Å². The van der Waals surface area contributed by atoms with E-state index in [-0.39, 0.29) is 30.6 Å². The number of hydrogen-bond donors (Lipinski definition) is 2. The highest BCUT2D eigenvalue weighted by Gasteiger charge is 2.25. The Hall–Kier alpha value is -1.72. The molecular weight excluding hydrogens is 301 g/mol. The highest BCUT2D eigenvalue weighted by molar-refractivity contribution is 7.10. The third-order valence-corrected chi connectivity index (χ3v) is 4.71. The maximum absolute atomic E-state index is 13.2. The molecule has 2 N–H and O–H groups in total. The highest BCUT2D eigenvalue weighted by Crippen LogP contribution is 2.25. The summed E-state index contributed by atoms with van der Waals surface area (Å²) in [6, 6.07) is 9.98. The van der Waals surface area contributed by atoms with Crippen LogP contribution in [0.15, 0.2) is 41.8 Å². The zero-order chi connectivity index (χ0) is 16.2. The number of amides is 1. The minimum Gasteiger partial charge on any atom is -0.383 e. The van der Waals surface area contributed by atoms with Gasteiger partial charge in [-0.05, 0) is 42.0 Å². The molecule has 0 saturated carbocycles. The summed E-state index contributed by atoms with van der Waals surface area (Å²) in [5.41, 5.74) is -0.286. The molecule has 2 unspecified atom stereocenters. The molecule has 2 aromatic rings. The van der Waals surface area contributed by atoms with Gasteiger partial charge in [-0.15, -0.1) is 11.3 Å². The third kappa shape index (κ3) is 4.39. The highest BCUT2D eigenvalue weighted by atomic mass is 32.1. The van der Waals surface area contributed by atoms with E-state index >= 15 is 0 Å². The molecule has 0 saturated heterocycles. The van der Waals surface area contributed by atoms with Gasteiger partial charge in [0.15, 0.2) is 0 Å². The fraction of sp³-hybridized carbons (Fsp3) is 0.353. The lowest BCUT2D eigenvalue weighted by Gasteiger charge is -2.23. The molecule has 2 rings (SSSR count). The van der Waals surface area contributed by atoms with Crippen molar-refractivity contribution in [2.24, 2.45) is 0 Å². The van der Waals surface area contributed by atoms with Gasteiger partial charge >= 0.3 is 0 Å². The molecule has 0 fully saturated rings. The SMILES string of the molecule is CC(CC(=O)NCC(C)(O)c1cccs1)c1cccc(F)c1. The Morgan fingerprint density at radius 1 is 1.41 bits per heavy atom. The van der Waals surface area contributed by atoms with Crippen molar-refractivity contribution in [1.82, 2.24) is 5.32 Å². The minimum absolute atomic E-state index is 0.0811. The van der Waals surface area contributed by atoms with Crippen molar-refractivity contribution in [1.29, 1.82) is 0 Å². The van der Waals surface area contributed by atoms with Crippen LogP contribution >= 0.6 is 11.3 Å². The van der Waals surface area contributed by atoms with Gasteiger partial charge in [0.1, 0.15) is 11.4 Å². The number of aliphatic hydroxyl groups is 1. The molecule has 1 aromatic carbocycles. The van der Waals surface area contributed by atoms with Crippen LogP contribution in [-0.2, 0) is 10.4 Å². The summed E-state index contributed by atoms with van der Waals surface area (Å²) >= 11 is 1.45. The lowest BCUT2D eigenvalue weighted by atomic mass is 9.97. The van der Waals surface area contributed by atoms with Gasteiger partial charge in [-0.2, -0.15) is 0 Å². The first kappa shape index (κ1) is 16.6. The number of carbonyl (C=O) groups is 1. The Bertz CT molecular complexity index is 625. The molecule has 5 heteroatoms.